The number of halogens is 5. The Morgan fingerprint density at radius 1 is 1.11 bits per heavy atom. The predicted molar refractivity (Wildman–Crippen MR) is 133 cm³/mol. The lowest BCUT2D eigenvalue weighted by Crippen LogP contribution is -2.49. The van der Waals surface area contributed by atoms with E-state index in [1.807, 2.05) is 36.1 Å². The summed E-state index contributed by atoms with van der Waals surface area (Å²) in [7, 11) is 0. The third-order valence-corrected chi connectivity index (χ3v) is 7.85. The number of likely N-dealkylation sites (tertiary alicyclic amines) is 1. The van der Waals surface area contributed by atoms with Crippen molar-refractivity contribution in [3.63, 3.8) is 0 Å². The smallest absolute Gasteiger partial charge is 0.141 e. The third kappa shape index (κ3) is 4.89. The number of aliphatic hydroxyl groups is 1. The fourth-order valence-electron chi connectivity index (χ4n) is 5.96. The van der Waals surface area contributed by atoms with Gasteiger partial charge in [-0.05, 0) is 49.1 Å². The van der Waals surface area contributed by atoms with Gasteiger partial charge in [0.25, 0.3) is 0 Å². The van der Waals surface area contributed by atoms with Gasteiger partial charge < -0.3 is 15.0 Å². The maximum Gasteiger partial charge on any atom is 0.141 e. The van der Waals surface area contributed by atoms with Gasteiger partial charge in [0.15, 0.2) is 0 Å². The van der Waals surface area contributed by atoms with Gasteiger partial charge in [0, 0.05) is 60.3 Å². The van der Waals surface area contributed by atoms with E-state index in [1.54, 1.807) is 4.90 Å². The molecule has 4 atom stereocenters. The van der Waals surface area contributed by atoms with Crippen molar-refractivity contribution in [2.45, 2.75) is 44.1 Å². The lowest BCUT2D eigenvalue weighted by molar-refractivity contribution is -0.00641. The number of hydrogen-bond acceptors (Lipinski definition) is 3. The summed E-state index contributed by atoms with van der Waals surface area (Å²) < 4.78 is 71.4. The Morgan fingerprint density at radius 2 is 1.81 bits per heavy atom. The van der Waals surface area contributed by atoms with Gasteiger partial charge in [-0.1, -0.05) is 18.2 Å². The zero-order chi connectivity index (χ0) is 26.3. The summed E-state index contributed by atoms with van der Waals surface area (Å²) in [5.74, 6) is -1.88. The summed E-state index contributed by atoms with van der Waals surface area (Å²) in [6.45, 7) is 1.58. The number of aliphatic hydroxyl groups excluding tert-OH is 1. The molecule has 0 amide bonds. The molecule has 3 heterocycles. The van der Waals surface area contributed by atoms with Gasteiger partial charge in [0.1, 0.15) is 24.5 Å². The Bertz CT molecular complexity index is 1220. The van der Waals surface area contributed by atoms with Gasteiger partial charge in [-0.25, -0.2) is 17.6 Å². The van der Waals surface area contributed by atoms with Crippen molar-refractivity contribution >= 4 is 10.9 Å². The first-order valence-corrected chi connectivity index (χ1v) is 12.8. The number of nitrogens with one attached hydrogen (secondary N) is 1. The van der Waals surface area contributed by atoms with Crippen LogP contribution in [0.4, 0.5) is 22.0 Å². The van der Waals surface area contributed by atoms with Crippen LogP contribution in [0.25, 0.3) is 10.9 Å². The molecule has 0 aliphatic carbocycles. The average Bonchev–Trinajstić information content (AvgIpc) is 3.22. The molecule has 1 aromatic heterocycles. The Kier molecular flexibility index (Phi) is 7.56. The van der Waals surface area contributed by atoms with Crippen molar-refractivity contribution in [1.82, 2.24) is 14.8 Å². The minimum atomic E-state index is -1.79. The topological polar surface area (TPSA) is 42.5 Å². The van der Waals surface area contributed by atoms with Gasteiger partial charge in [0.05, 0.1) is 18.8 Å². The molecule has 200 valence electrons. The van der Waals surface area contributed by atoms with E-state index in [2.05, 4.69) is 4.98 Å². The Balaban J connectivity index is 1.51. The number of alkyl halides is 3. The van der Waals surface area contributed by atoms with E-state index in [9.17, 15) is 18.3 Å². The first-order valence-electron chi connectivity index (χ1n) is 12.8. The number of benzene rings is 2. The minimum absolute atomic E-state index is 0.133. The summed E-state index contributed by atoms with van der Waals surface area (Å²) in [5.41, 5.74) is 2.17. The molecule has 3 aromatic rings. The Labute approximate surface area is 213 Å². The molecule has 0 bridgehead atoms. The molecule has 2 aromatic carbocycles. The maximum absolute atomic E-state index is 15.7. The Morgan fingerprint density at radius 3 is 2.49 bits per heavy atom. The number of para-hydroxylation sites is 1. The number of aromatic amines is 1. The molecular weight excluding hydrogens is 489 g/mol. The predicted octanol–water partition coefficient (Wildman–Crippen LogP) is 5.41. The molecule has 4 nitrogen and oxygen atoms in total. The molecule has 2 aliphatic rings. The fraction of sp³-hybridized carbons (Fsp3) is 0.500. The summed E-state index contributed by atoms with van der Waals surface area (Å²) in [5, 5.41) is 11.7. The molecule has 0 spiro atoms. The van der Waals surface area contributed by atoms with Crippen molar-refractivity contribution in [2.24, 2.45) is 5.92 Å². The first kappa shape index (κ1) is 26.1. The van der Waals surface area contributed by atoms with Crippen LogP contribution in [0.2, 0.25) is 0 Å². The highest BCUT2D eigenvalue weighted by atomic mass is 19.2. The zero-order valence-corrected chi connectivity index (χ0v) is 20.7. The van der Waals surface area contributed by atoms with Crippen molar-refractivity contribution in [3.05, 3.63) is 70.4 Å². The van der Waals surface area contributed by atoms with Crippen molar-refractivity contribution < 1.29 is 27.1 Å². The van der Waals surface area contributed by atoms with Crippen LogP contribution < -0.4 is 0 Å². The van der Waals surface area contributed by atoms with E-state index >= 15 is 8.78 Å². The second kappa shape index (κ2) is 10.7. The minimum Gasteiger partial charge on any atom is -0.388 e. The summed E-state index contributed by atoms with van der Waals surface area (Å²) >= 11 is 0. The molecule has 2 N–H and O–H groups in total. The summed E-state index contributed by atoms with van der Waals surface area (Å²) in [6, 6.07) is 8.58. The highest BCUT2D eigenvalue weighted by molar-refractivity contribution is 5.85. The summed E-state index contributed by atoms with van der Waals surface area (Å²) in [4.78, 5) is 6.89. The number of rotatable bonds is 9. The lowest BCUT2D eigenvalue weighted by atomic mass is 9.85. The second-order valence-electron chi connectivity index (χ2n) is 10.4. The number of hydrogen-bond donors (Lipinski definition) is 2. The molecule has 2 aliphatic heterocycles. The van der Waals surface area contributed by atoms with Crippen molar-refractivity contribution in [2.75, 3.05) is 39.5 Å². The fourth-order valence-corrected chi connectivity index (χ4v) is 5.96. The largest absolute Gasteiger partial charge is 0.388 e. The van der Waals surface area contributed by atoms with Gasteiger partial charge in [-0.2, -0.15) is 0 Å². The number of H-pyrrole nitrogens is 1. The molecule has 1 fully saturated rings. The van der Waals surface area contributed by atoms with Gasteiger partial charge in [0.2, 0.25) is 0 Å². The van der Waals surface area contributed by atoms with E-state index in [0.29, 0.717) is 38.2 Å². The molecule has 5 rings (SSSR count). The monoisotopic (exact) mass is 521 g/mol. The van der Waals surface area contributed by atoms with Crippen LogP contribution in [0.3, 0.4) is 0 Å². The highest BCUT2D eigenvalue weighted by Gasteiger charge is 2.40. The molecular formula is C28H32F5N3O. The lowest BCUT2D eigenvalue weighted by Gasteiger charge is -2.42. The quantitative estimate of drug-likeness (QED) is 0.370. The van der Waals surface area contributed by atoms with E-state index < -0.39 is 43.3 Å². The van der Waals surface area contributed by atoms with E-state index in [1.165, 1.54) is 0 Å². The van der Waals surface area contributed by atoms with Gasteiger partial charge in [-0.15, -0.1) is 0 Å². The van der Waals surface area contributed by atoms with Crippen LogP contribution in [0.1, 0.15) is 47.9 Å². The highest BCUT2D eigenvalue weighted by Crippen LogP contribution is 2.43. The van der Waals surface area contributed by atoms with E-state index in [4.69, 9.17) is 0 Å². The zero-order valence-electron chi connectivity index (χ0n) is 20.7. The molecule has 0 unspecified atom stereocenters. The molecule has 9 heteroatoms. The third-order valence-electron chi connectivity index (χ3n) is 7.85. The van der Waals surface area contributed by atoms with Crippen LogP contribution >= 0.6 is 0 Å². The molecule has 0 saturated carbocycles. The molecule has 1 saturated heterocycles. The van der Waals surface area contributed by atoms with Crippen LogP contribution in [0, 0.1) is 17.6 Å². The SMILES string of the molecule is C[C@@H]1Cc2c([nH]c3ccccc23)[C@@H](c2c(F)cc([C@@H](O)C3CN(CCCF)C3)cc2F)N1C[C@@H](F)CF. The molecule has 37 heavy (non-hydrogen) atoms. The first-order chi connectivity index (χ1) is 17.8. The van der Waals surface area contributed by atoms with E-state index in [-0.39, 0.29) is 29.6 Å². The van der Waals surface area contributed by atoms with E-state index in [0.717, 1.165) is 28.6 Å². The second-order valence-corrected chi connectivity index (χ2v) is 10.4. The average molecular weight is 522 g/mol. The standard InChI is InChI=1S/C28H32F5N3O/c1-16-9-21-20-5-2-3-6-24(20)34-26(21)27(36(16)15-19(31)12-30)25-22(32)10-17(11-23(25)33)28(37)18-13-35(14-18)8-4-7-29/h2-3,5-6,10-11,16,18-19,27-28,34,37H,4,7-9,12-15H2,1H3/t16-,19+,27-,28-/m1/s1. The van der Waals surface area contributed by atoms with Crippen LogP contribution in [-0.4, -0.2) is 71.6 Å². The maximum atomic E-state index is 15.7. The van der Waals surface area contributed by atoms with Crippen molar-refractivity contribution in [3.8, 4) is 0 Å². The Hall–Kier alpha value is -2.49. The van der Waals surface area contributed by atoms with Crippen LogP contribution in [-0.2, 0) is 6.42 Å². The van der Waals surface area contributed by atoms with Crippen molar-refractivity contribution in [1.29, 1.82) is 0 Å². The number of fused-ring (bicyclic) bond motifs is 3. The van der Waals surface area contributed by atoms with Crippen LogP contribution in [0.5, 0.6) is 0 Å². The van der Waals surface area contributed by atoms with Crippen LogP contribution in [0.15, 0.2) is 36.4 Å². The normalized spacial score (nSPS) is 22.7. The van der Waals surface area contributed by atoms with Gasteiger partial charge >= 0.3 is 0 Å². The van der Waals surface area contributed by atoms with Gasteiger partial charge in [-0.3, -0.25) is 9.29 Å². The molecule has 0 radical (unpaired) electrons. The number of nitrogens with zero attached hydrogens (tertiary/aromatic N) is 2. The number of aromatic nitrogens is 1. The summed E-state index contributed by atoms with van der Waals surface area (Å²) in [6.07, 6.45) is -1.92.